The first kappa shape index (κ1) is 19.5. The van der Waals surface area contributed by atoms with Crippen LogP contribution in [0.1, 0.15) is 17.3 Å². The van der Waals surface area contributed by atoms with Crippen molar-refractivity contribution in [3.05, 3.63) is 83.9 Å². The molecule has 0 unspecified atom stereocenters. The molecule has 0 atom stereocenters. The number of carboxylic acid groups (broad SMARTS) is 1. The van der Waals surface area contributed by atoms with Crippen LogP contribution in [0, 0.1) is 11.6 Å². The van der Waals surface area contributed by atoms with Gasteiger partial charge in [-0.25, -0.2) is 18.6 Å². The average Bonchev–Trinajstić information content (AvgIpc) is 2.73. The normalized spacial score (nSPS) is 10.9. The van der Waals surface area contributed by atoms with Gasteiger partial charge in [-0.2, -0.15) is 0 Å². The molecule has 0 aliphatic heterocycles. The van der Waals surface area contributed by atoms with E-state index in [9.17, 15) is 18.7 Å². The summed E-state index contributed by atoms with van der Waals surface area (Å²) in [6.07, 6.45) is 0. The number of rotatable bonds is 5. The average molecular weight is 404 g/mol. The maximum atomic E-state index is 15.0. The Morgan fingerprint density at radius 2 is 1.83 bits per heavy atom. The molecule has 150 valence electrons. The zero-order valence-electron chi connectivity index (χ0n) is 16.1. The zero-order chi connectivity index (χ0) is 21.3. The Bertz CT molecular complexity index is 1270. The number of nitrogens with one attached hydrogen (secondary N) is 1. The van der Waals surface area contributed by atoms with E-state index in [2.05, 4.69) is 10.3 Å². The first-order chi connectivity index (χ1) is 14.5. The van der Waals surface area contributed by atoms with E-state index in [-0.39, 0.29) is 10.9 Å². The number of nitrogens with zero attached hydrogens (tertiary/aromatic N) is 1. The van der Waals surface area contributed by atoms with Crippen molar-refractivity contribution in [2.45, 2.75) is 6.92 Å². The third kappa shape index (κ3) is 3.72. The highest BCUT2D eigenvalue weighted by molar-refractivity contribution is 6.03. The van der Waals surface area contributed by atoms with Crippen LogP contribution >= 0.6 is 0 Å². The van der Waals surface area contributed by atoms with Gasteiger partial charge >= 0.3 is 5.97 Å². The Labute approximate surface area is 171 Å². The van der Waals surface area contributed by atoms with Gasteiger partial charge in [-0.15, -0.1) is 0 Å². The molecular weight excluding hydrogens is 386 g/mol. The molecular formula is C24H18F2N2O2. The Morgan fingerprint density at radius 3 is 2.57 bits per heavy atom. The summed E-state index contributed by atoms with van der Waals surface area (Å²) in [5.74, 6) is -2.19. The Balaban J connectivity index is 1.80. The minimum absolute atomic E-state index is 0.0858. The smallest absolute Gasteiger partial charge is 0.336 e. The number of carboxylic acids is 1. The van der Waals surface area contributed by atoms with Gasteiger partial charge in [0.2, 0.25) is 0 Å². The summed E-state index contributed by atoms with van der Waals surface area (Å²) < 4.78 is 28.5. The number of anilines is 1. The molecule has 0 saturated heterocycles. The van der Waals surface area contributed by atoms with Gasteiger partial charge in [0, 0.05) is 28.7 Å². The zero-order valence-corrected chi connectivity index (χ0v) is 16.1. The van der Waals surface area contributed by atoms with Gasteiger partial charge in [0.05, 0.1) is 16.8 Å². The van der Waals surface area contributed by atoms with E-state index in [1.165, 1.54) is 24.3 Å². The summed E-state index contributed by atoms with van der Waals surface area (Å²) in [7, 11) is 0. The Kier molecular flexibility index (Phi) is 5.14. The summed E-state index contributed by atoms with van der Waals surface area (Å²) in [6.45, 7) is 2.74. The first-order valence-corrected chi connectivity index (χ1v) is 9.44. The van der Waals surface area contributed by atoms with Crippen molar-refractivity contribution in [3.8, 4) is 22.4 Å². The van der Waals surface area contributed by atoms with Crippen LogP contribution in [0.5, 0.6) is 0 Å². The van der Waals surface area contributed by atoms with Crippen molar-refractivity contribution in [3.63, 3.8) is 0 Å². The van der Waals surface area contributed by atoms with E-state index in [0.29, 0.717) is 22.3 Å². The van der Waals surface area contributed by atoms with E-state index < -0.39 is 17.6 Å². The second-order valence-corrected chi connectivity index (χ2v) is 6.83. The van der Waals surface area contributed by atoms with Crippen molar-refractivity contribution in [2.75, 3.05) is 11.9 Å². The van der Waals surface area contributed by atoms with Gasteiger partial charge in [0.25, 0.3) is 0 Å². The molecule has 4 nitrogen and oxygen atoms in total. The molecule has 0 radical (unpaired) electrons. The van der Waals surface area contributed by atoms with E-state index >= 15 is 0 Å². The lowest BCUT2D eigenvalue weighted by atomic mass is 9.99. The lowest BCUT2D eigenvalue weighted by Gasteiger charge is -2.10. The topological polar surface area (TPSA) is 62.2 Å². The minimum atomic E-state index is -1.20. The van der Waals surface area contributed by atoms with Crippen molar-refractivity contribution >= 4 is 22.6 Å². The summed E-state index contributed by atoms with van der Waals surface area (Å²) in [5.41, 5.74) is 3.04. The molecule has 0 aliphatic rings. The number of hydrogen-bond acceptors (Lipinski definition) is 3. The van der Waals surface area contributed by atoms with Gasteiger partial charge < -0.3 is 10.4 Å². The maximum absolute atomic E-state index is 15.0. The number of benzene rings is 3. The molecule has 0 amide bonds. The van der Waals surface area contributed by atoms with Crippen molar-refractivity contribution in [1.29, 1.82) is 0 Å². The molecule has 6 heteroatoms. The number of fused-ring (bicyclic) bond motifs is 1. The van der Waals surface area contributed by atoms with Crippen LogP contribution in [0.15, 0.2) is 66.7 Å². The van der Waals surface area contributed by atoms with Gasteiger partial charge in [-0.05, 0) is 55.0 Å². The quantitative estimate of drug-likeness (QED) is 0.430. The maximum Gasteiger partial charge on any atom is 0.336 e. The van der Waals surface area contributed by atoms with E-state index in [0.717, 1.165) is 23.9 Å². The molecule has 30 heavy (non-hydrogen) atoms. The summed E-state index contributed by atoms with van der Waals surface area (Å²) in [4.78, 5) is 16.1. The summed E-state index contributed by atoms with van der Waals surface area (Å²) in [6, 6.07) is 17.2. The van der Waals surface area contributed by atoms with Crippen LogP contribution in [-0.2, 0) is 0 Å². The highest BCUT2D eigenvalue weighted by Crippen LogP contribution is 2.31. The van der Waals surface area contributed by atoms with Gasteiger partial charge in [-0.1, -0.05) is 24.3 Å². The Morgan fingerprint density at radius 1 is 1.00 bits per heavy atom. The van der Waals surface area contributed by atoms with E-state index in [1.807, 2.05) is 31.2 Å². The molecule has 0 fully saturated rings. The molecule has 4 aromatic rings. The number of aromatic carboxylic acids is 1. The lowest BCUT2D eigenvalue weighted by molar-refractivity contribution is 0.0699. The monoisotopic (exact) mass is 404 g/mol. The molecule has 4 rings (SSSR count). The van der Waals surface area contributed by atoms with Crippen LogP contribution in [-0.4, -0.2) is 22.6 Å². The fourth-order valence-corrected chi connectivity index (χ4v) is 3.43. The number of pyridine rings is 1. The summed E-state index contributed by atoms with van der Waals surface area (Å²) in [5, 5.41) is 12.9. The standard InChI is InChI=1S/C24H18F2N2O2/c1-2-27-17-5-3-4-14(10-17)18-8-6-15(11-21(18)26)23-13-20(24(29)30)19-12-16(25)7-9-22(19)28-23/h3-13,27H,2H2,1H3,(H,29,30). The molecule has 0 spiro atoms. The van der Waals surface area contributed by atoms with Crippen LogP contribution < -0.4 is 5.32 Å². The molecule has 2 N–H and O–H groups in total. The van der Waals surface area contributed by atoms with Gasteiger partial charge in [0.15, 0.2) is 0 Å². The molecule has 1 aromatic heterocycles. The second-order valence-electron chi connectivity index (χ2n) is 6.83. The number of aromatic nitrogens is 1. The van der Waals surface area contributed by atoms with E-state index in [4.69, 9.17) is 0 Å². The summed E-state index contributed by atoms with van der Waals surface area (Å²) >= 11 is 0. The molecule has 1 heterocycles. The van der Waals surface area contributed by atoms with Crippen LogP contribution in [0.3, 0.4) is 0 Å². The number of hydrogen-bond donors (Lipinski definition) is 2. The fraction of sp³-hybridized carbons (Fsp3) is 0.0833. The third-order valence-corrected chi connectivity index (χ3v) is 4.82. The van der Waals surface area contributed by atoms with Crippen molar-refractivity contribution in [2.24, 2.45) is 0 Å². The highest BCUT2D eigenvalue weighted by atomic mass is 19.1. The molecule has 0 aliphatic carbocycles. The van der Waals surface area contributed by atoms with Crippen LogP contribution in [0.4, 0.5) is 14.5 Å². The predicted octanol–water partition coefficient (Wildman–Crippen LogP) is 5.98. The van der Waals surface area contributed by atoms with Crippen LogP contribution in [0.25, 0.3) is 33.3 Å². The third-order valence-electron chi connectivity index (χ3n) is 4.82. The predicted molar refractivity (Wildman–Crippen MR) is 114 cm³/mol. The Hall–Kier alpha value is -3.80. The van der Waals surface area contributed by atoms with Gasteiger partial charge in [0.1, 0.15) is 11.6 Å². The molecule has 0 saturated carbocycles. The molecule has 0 bridgehead atoms. The molecule has 3 aromatic carbocycles. The SMILES string of the molecule is CCNc1cccc(-c2ccc(-c3cc(C(=O)O)c4cc(F)ccc4n3)cc2F)c1. The number of carbonyl (C=O) groups is 1. The second kappa shape index (κ2) is 7.91. The van der Waals surface area contributed by atoms with Crippen molar-refractivity contribution in [1.82, 2.24) is 4.98 Å². The minimum Gasteiger partial charge on any atom is -0.478 e. The fourth-order valence-electron chi connectivity index (χ4n) is 3.43. The van der Waals surface area contributed by atoms with Gasteiger partial charge in [-0.3, -0.25) is 0 Å². The lowest BCUT2D eigenvalue weighted by Crippen LogP contribution is -2.01. The highest BCUT2D eigenvalue weighted by Gasteiger charge is 2.15. The van der Waals surface area contributed by atoms with Crippen LogP contribution in [0.2, 0.25) is 0 Å². The first-order valence-electron chi connectivity index (χ1n) is 9.44. The number of halogens is 2. The largest absolute Gasteiger partial charge is 0.478 e. The van der Waals surface area contributed by atoms with Crippen molar-refractivity contribution < 1.29 is 18.7 Å². The van der Waals surface area contributed by atoms with E-state index in [1.54, 1.807) is 12.1 Å².